The van der Waals surface area contributed by atoms with Crippen molar-refractivity contribution in [3.8, 4) is 0 Å². The minimum Gasteiger partial charge on any atom is -0.396 e. The van der Waals surface area contributed by atoms with Crippen molar-refractivity contribution in [2.75, 3.05) is 6.61 Å². The number of H-pyrrole nitrogens is 1. The number of rotatable bonds is 4. The van der Waals surface area contributed by atoms with Gasteiger partial charge in [-0.15, -0.1) is 0 Å². The van der Waals surface area contributed by atoms with Crippen LogP contribution in [-0.2, 0) is 0 Å². The highest BCUT2D eigenvalue weighted by Gasteiger charge is 2.03. The second kappa shape index (κ2) is 3.93. The lowest BCUT2D eigenvalue weighted by Gasteiger charge is -1.94. The number of hydrogen-bond donors (Lipinski definition) is 2. The first-order valence-electron chi connectivity index (χ1n) is 3.62. The molecule has 1 aromatic rings. The molecule has 0 aromatic carbocycles. The zero-order valence-electron chi connectivity index (χ0n) is 6.21. The number of aliphatic hydroxyl groups excluding tert-OH is 1. The van der Waals surface area contributed by atoms with Gasteiger partial charge in [-0.3, -0.25) is 4.79 Å². The molecular formula is C8H11NO2. The van der Waals surface area contributed by atoms with Crippen molar-refractivity contribution < 1.29 is 9.90 Å². The molecule has 1 rings (SSSR count). The normalized spacial score (nSPS) is 9.91. The second-order valence-electron chi connectivity index (χ2n) is 2.33. The highest BCUT2D eigenvalue weighted by molar-refractivity contribution is 5.94. The second-order valence-corrected chi connectivity index (χ2v) is 2.33. The first-order valence-corrected chi connectivity index (χ1v) is 3.62. The SMILES string of the molecule is O=C(CCCO)c1ccc[nH]1. The van der Waals surface area contributed by atoms with Gasteiger partial charge in [-0.25, -0.2) is 0 Å². The van der Waals surface area contributed by atoms with E-state index in [1.165, 1.54) is 0 Å². The van der Waals surface area contributed by atoms with E-state index in [1.54, 1.807) is 18.3 Å². The molecule has 0 atom stereocenters. The Morgan fingerprint density at radius 1 is 1.64 bits per heavy atom. The quantitative estimate of drug-likeness (QED) is 0.633. The van der Waals surface area contributed by atoms with E-state index < -0.39 is 0 Å². The van der Waals surface area contributed by atoms with Crippen molar-refractivity contribution in [1.82, 2.24) is 4.98 Å². The molecule has 0 saturated heterocycles. The fourth-order valence-corrected chi connectivity index (χ4v) is 0.878. The molecule has 3 nitrogen and oxygen atoms in total. The van der Waals surface area contributed by atoms with Gasteiger partial charge in [-0.1, -0.05) is 0 Å². The molecule has 2 N–H and O–H groups in total. The molecule has 60 valence electrons. The van der Waals surface area contributed by atoms with Crippen molar-refractivity contribution in [2.45, 2.75) is 12.8 Å². The summed E-state index contributed by atoms with van der Waals surface area (Å²) in [5.74, 6) is 0.0593. The zero-order chi connectivity index (χ0) is 8.10. The summed E-state index contributed by atoms with van der Waals surface area (Å²) in [5.41, 5.74) is 0.624. The molecule has 1 heterocycles. The summed E-state index contributed by atoms with van der Waals surface area (Å²) in [6.07, 6.45) is 2.67. The minimum absolute atomic E-state index is 0.0593. The van der Waals surface area contributed by atoms with E-state index in [-0.39, 0.29) is 12.4 Å². The first-order chi connectivity index (χ1) is 5.34. The maximum atomic E-state index is 11.1. The van der Waals surface area contributed by atoms with Gasteiger partial charge in [-0.2, -0.15) is 0 Å². The van der Waals surface area contributed by atoms with Gasteiger partial charge >= 0.3 is 0 Å². The third-order valence-corrected chi connectivity index (χ3v) is 1.46. The summed E-state index contributed by atoms with van der Waals surface area (Å²) in [4.78, 5) is 13.9. The Balaban J connectivity index is 2.43. The summed E-state index contributed by atoms with van der Waals surface area (Å²) in [5, 5.41) is 8.45. The van der Waals surface area contributed by atoms with Crippen LogP contribution in [0.4, 0.5) is 0 Å². The molecule has 1 aromatic heterocycles. The lowest BCUT2D eigenvalue weighted by atomic mass is 10.2. The van der Waals surface area contributed by atoms with E-state index in [2.05, 4.69) is 4.98 Å². The Labute approximate surface area is 65.1 Å². The lowest BCUT2D eigenvalue weighted by Crippen LogP contribution is -2.00. The van der Waals surface area contributed by atoms with Crippen LogP contribution in [0.15, 0.2) is 18.3 Å². The molecule has 0 fully saturated rings. The summed E-state index contributed by atoms with van der Waals surface area (Å²) in [6.45, 7) is 0.0758. The fourth-order valence-electron chi connectivity index (χ4n) is 0.878. The summed E-state index contributed by atoms with van der Waals surface area (Å²) in [6, 6.07) is 3.52. The van der Waals surface area contributed by atoms with Crippen LogP contribution in [-0.4, -0.2) is 22.5 Å². The largest absolute Gasteiger partial charge is 0.396 e. The van der Waals surface area contributed by atoms with Crippen LogP contribution in [0.3, 0.4) is 0 Å². The Kier molecular flexibility index (Phi) is 2.86. The van der Waals surface area contributed by atoms with Crippen LogP contribution in [0.5, 0.6) is 0 Å². The molecule has 3 heteroatoms. The van der Waals surface area contributed by atoms with E-state index in [0.29, 0.717) is 18.5 Å². The van der Waals surface area contributed by atoms with Crippen molar-refractivity contribution >= 4 is 5.78 Å². The van der Waals surface area contributed by atoms with Crippen molar-refractivity contribution in [1.29, 1.82) is 0 Å². The van der Waals surface area contributed by atoms with E-state index in [4.69, 9.17) is 5.11 Å². The number of nitrogens with one attached hydrogen (secondary N) is 1. The predicted molar refractivity (Wildman–Crippen MR) is 41.4 cm³/mol. The van der Waals surface area contributed by atoms with Crippen LogP contribution in [0.1, 0.15) is 23.3 Å². The highest BCUT2D eigenvalue weighted by Crippen LogP contribution is 2.01. The number of ketones is 1. The molecule has 0 bridgehead atoms. The molecule has 0 aliphatic rings. The number of carbonyl (C=O) groups excluding carboxylic acids is 1. The van der Waals surface area contributed by atoms with Crippen LogP contribution in [0, 0.1) is 0 Å². The Hall–Kier alpha value is -1.09. The number of aliphatic hydroxyl groups is 1. The predicted octanol–water partition coefficient (Wildman–Crippen LogP) is 0.970. The van der Waals surface area contributed by atoms with E-state index in [1.807, 2.05) is 0 Å². The van der Waals surface area contributed by atoms with Gasteiger partial charge < -0.3 is 10.1 Å². The number of Topliss-reactive ketones (excluding diaryl/α,β-unsaturated/α-hetero) is 1. The lowest BCUT2D eigenvalue weighted by molar-refractivity contribution is 0.0967. The third kappa shape index (κ3) is 2.20. The molecular weight excluding hydrogens is 142 g/mol. The molecule has 11 heavy (non-hydrogen) atoms. The third-order valence-electron chi connectivity index (χ3n) is 1.46. The molecule has 0 spiro atoms. The topological polar surface area (TPSA) is 53.1 Å². The number of carbonyl (C=O) groups is 1. The minimum atomic E-state index is 0.0593. The van der Waals surface area contributed by atoms with Crippen molar-refractivity contribution in [3.63, 3.8) is 0 Å². The first kappa shape index (κ1) is 8.01. The van der Waals surface area contributed by atoms with Crippen molar-refractivity contribution in [3.05, 3.63) is 24.0 Å². The molecule has 0 aliphatic heterocycles. The van der Waals surface area contributed by atoms with E-state index in [0.717, 1.165) is 0 Å². The maximum absolute atomic E-state index is 11.1. The molecule has 0 saturated carbocycles. The smallest absolute Gasteiger partial charge is 0.179 e. The average Bonchev–Trinajstić information content (AvgIpc) is 2.52. The molecule has 0 amide bonds. The molecule has 0 aliphatic carbocycles. The number of aromatic nitrogens is 1. The van der Waals surface area contributed by atoms with Gasteiger partial charge in [0.15, 0.2) is 5.78 Å². The Morgan fingerprint density at radius 3 is 3.00 bits per heavy atom. The van der Waals surface area contributed by atoms with E-state index >= 15 is 0 Å². The van der Waals surface area contributed by atoms with E-state index in [9.17, 15) is 4.79 Å². The van der Waals surface area contributed by atoms with Gasteiger partial charge in [0.1, 0.15) is 0 Å². The maximum Gasteiger partial charge on any atom is 0.179 e. The van der Waals surface area contributed by atoms with Crippen LogP contribution in [0.25, 0.3) is 0 Å². The monoisotopic (exact) mass is 153 g/mol. The standard InChI is InChI=1S/C8H11NO2/c10-6-2-4-8(11)7-3-1-5-9-7/h1,3,5,9-10H,2,4,6H2. The fraction of sp³-hybridized carbons (Fsp3) is 0.375. The molecule has 0 radical (unpaired) electrons. The van der Waals surface area contributed by atoms with Crippen LogP contribution < -0.4 is 0 Å². The Bertz CT molecular complexity index is 216. The van der Waals surface area contributed by atoms with Gasteiger partial charge in [0.2, 0.25) is 0 Å². The Morgan fingerprint density at radius 2 is 2.45 bits per heavy atom. The van der Waals surface area contributed by atoms with Gasteiger partial charge in [-0.05, 0) is 18.6 Å². The summed E-state index contributed by atoms with van der Waals surface area (Å²) in [7, 11) is 0. The summed E-state index contributed by atoms with van der Waals surface area (Å²) >= 11 is 0. The van der Waals surface area contributed by atoms with Gasteiger partial charge in [0.05, 0.1) is 5.69 Å². The average molecular weight is 153 g/mol. The van der Waals surface area contributed by atoms with Gasteiger partial charge in [0.25, 0.3) is 0 Å². The number of aromatic amines is 1. The molecule has 0 unspecified atom stereocenters. The number of hydrogen-bond acceptors (Lipinski definition) is 2. The van der Waals surface area contributed by atoms with Crippen molar-refractivity contribution in [2.24, 2.45) is 0 Å². The van der Waals surface area contributed by atoms with Gasteiger partial charge in [0, 0.05) is 19.2 Å². The highest BCUT2D eigenvalue weighted by atomic mass is 16.3. The van der Waals surface area contributed by atoms with Crippen LogP contribution >= 0.6 is 0 Å². The van der Waals surface area contributed by atoms with Crippen LogP contribution in [0.2, 0.25) is 0 Å². The summed E-state index contributed by atoms with van der Waals surface area (Å²) < 4.78 is 0. The zero-order valence-corrected chi connectivity index (χ0v) is 6.21.